The van der Waals surface area contributed by atoms with Gasteiger partial charge in [-0.15, -0.1) is 0 Å². The van der Waals surface area contributed by atoms with E-state index in [0.717, 1.165) is 0 Å². The summed E-state index contributed by atoms with van der Waals surface area (Å²) in [6.07, 6.45) is 0. The SMILES string of the molecule is CN1CC(C)(C)N(c2cccc(F)c2)C(=O)C1CO. The summed E-state index contributed by atoms with van der Waals surface area (Å²) >= 11 is 0. The van der Waals surface area contributed by atoms with Crippen molar-refractivity contribution in [3.8, 4) is 0 Å². The molecule has 0 aliphatic carbocycles. The molecule has 2 rings (SSSR count). The Morgan fingerprint density at radius 2 is 2.16 bits per heavy atom. The number of carbonyl (C=O) groups excluding carboxylic acids is 1. The molecule has 19 heavy (non-hydrogen) atoms. The molecule has 0 saturated carbocycles. The van der Waals surface area contributed by atoms with Crippen molar-refractivity contribution in [2.24, 2.45) is 0 Å². The fourth-order valence-electron chi connectivity index (χ4n) is 2.74. The quantitative estimate of drug-likeness (QED) is 0.876. The molecule has 1 unspecified atom stereocenters. The topological polar surface area (TPSA) is 43.8 Å². The zero-order valence-electron chi connectivity index (χ0n) is 11.4. The van der Waals surface area contributed by atoms with Crippen molar-refractivity contribution >= 4 is 11.6 Å². The average Bonchev–Trinajstić information content (AvgIpc) is 2.27. The van der Waals surface area contributed by atoms with Gasteiger partial charge in [0.1, 0.15) is 11.9 Å². The number of anilines is 1. The van der Waals surface area contributed by atoms with Gasteiger partial charge in [0.05, 0.1) is 12.1 Å². The first-order chi connectivity index (χ1) is 8.86. The van der Waals surface area contributed by atoms with Crippen molar-refractivity contribution in [1.82, 2.24) is 4.90 Å². The number of likely N-dealkylation sites (N-methyl/N-ethyl adjacent to an activating group) is 1. The number of hydrogen-bond donors (Lipinski definition) is 1. The molecule has 1 atom stereocenters. The molecule has 1 aliphatic rings. The number of carbonyl (C=O) groups is 1. The fourth-order valence-corrected chi connectivity index (χ4v) is 2.74. The normalized spacial score (nSPS) is 23.7. The Morgan fingerprint density at radius 3 is 2.74 bits per heavy atom. The molecule has 1 amide bonds. The minimum Gasteiger partial charge on any atom is -0.394 e. The standard InChI is InChI=1S/C14H19FN2O2/c1-14(2)9-16(3)12(8-18)13(19)17(14)11-6-4-5-10(15)7-11/h4-7,12,18H,8-9H2,1-3H3. The van der Waals surface area contributed by atoms with Crippen molar-refractivity contribution < 1.29 is 14.3 Å². The van der Waals surface area contributed by atoms with Crippen LogP contribution in [-0.2, 0) is 4.79 Å². The van der Waals surface area contributed by atoms with Crippen LogP contribution in [0.2, 0.25) is 0 Å². The van der Waals surface area contributed by atoms with E-state index in [1.165, 1.54) is 12.1 Å². The van der Waals surface area contributed by atoms with Crippen LogP contribution in [0.25, 0.3) is 0 Å². The van der Waals surface area contributed by atoms with E-state index < -0.39 is 11.6 Å². The summed E-state index contributed by atoms with van der Waals surface area (Å²) in [5, 5.41) is 9.36. The zero-order valence-corrected chi connectivity index (χ0v) is 11.4. The minimum atomic E-state index is -0.573. The molecule has 5 heteroatoms. The lowest BCUT2D eigenvalue weighted by molar-refractivity contribution is -0.129. The lowest BCUT2D eigenvalue weighted by Crippen LogP contribution is -2.66. The van der Waals surface area contributed by atoms with E-state index in [0.29, 0.717) is 12.2 Å². The van der Waals surface area contributed by atoms with Gasteiger partial charge in [0, 0.05) is 12.2 Å². The Labute approximate surface area is 112 Å². The summed E-state index contributed by atoms with van der Waals surface area (Å²) in [6, 6.07) is 5.42. The van der Waals surface area contributed by atoms with Gasteiger partial charge in [0.2, 0.25) is 5.91 Å². The first-order valence-electron chi connectivity index (χ1n) is 6.27. The van der Waals surface area contributed by atoms with Gasteiger partial charge >= 0.3 is 0 Å². The highest BCUT2D eigenvalue weighted by Gasteiger charge is 2.43. The summed E-state index contributed by atoms with van der Waals surface area (Å²) in [5.74, 6) is -0.576. The third-order valence-electron chi connectivity index (χ3n) is 3.52. The predicted octanol–water partition coefficient (Wildman–Crippen LogP) is 1.24. The number of halogens is 1. The van der Waals surface area contributed by atoms with Crippen LogP contribution in [0, 0.1) is 5.82 Å². The van der Waals surface area contributed by atoms with E-state index >= 15 is 0 Å². The summed E-state index contributed by atoms with van der Waals surface area (Å²) in [5.41, 5.74) is 0.0761. The number of amides is 1. The first-order valence-corrected chi connectivity index (χ1v) is 6.27. The van der Waals surface area contributed by atoms with Gasteiger partial charge in [-0.3, -0.25) is 9.69 Å². The Bertz CT molecular complexity index is 490. The maximum absolute atomic E-state index is 13.4. The van der Waals surface area contributed by atoms with Crippen LogP contribution >= 0.6 is 0 Å². The van der Waals surface area contributed by atoms with Crippen molar-refractivity contribution in [1.29, 1.82) is 0 Å². The summed E-state index contributed by atoms with van der Waals surface area (Å²) in [4.78, 5) is 15.9. The van der Waals surface area contributed by atoms with Crippen molar-refractivity contribution in [3.05, 3.63) is 30.1 Å². The second-order valence-electron chi connectivity index (χ2n) is 5.58. The molecule has 0 spiro atoms. The Morgan fingerprint density at radius 1 is 1.47 bits per heavy atom. The molecule has 1 aromatic carbocycles. The molecule has 1 heterocycles. The number of benzene rings is 1. The van der Waals surface area contributed by atoms with Gasteiger partial charge in [-0.2, -0.15) is 0 Å². The molecule has 0 radical (unpaired) electrons. The molecule has 1 aliphatic heterocycles. The average molecular weight is 266 g/mol. The number of piperazine rings is 1. The predicted molar refractivity (Wildman–Crippen MR) is 71.5 cm³/mol. The second-order valence-corrected chi connectivity index (χ2v) is 5.58. The molecule has 1 N–H and O–H groups in total. The Hall–Kier alpha value is -1.46. The first kappa shape index (κ1) is 14.0. The number of aliphatic hydroxyl groups excluding tert-OH is 1. The highest BCUT2D eigenvalue weighted by atomic mass is 19.1. The Kier molecular flexibility index (Phi) is 3.60. The molecule has 1 aromatic rings. The molecule has 104 valence electrons. The van der Waals surface area contributed by atoms with E-state index in [1.54, 1.807) is 17.0 Å². The Balaban J connectivity index is 2.43. The minimum absolute atomic E-state index is 0.202. The van der Waals surface area contributed by atoms with Crippen molar-refractivity contribution in [3.63, 3.8) is 0 Å². The second kappa shape index (κ2) is 4.90. The van der Waals surface area contributed by atoms with E-state index in [4.69, 9.17) is 0 Å². The molecule has 1 saturated heterocycles. The molecular weight excluding hydrogens is 247 g/mol. The van der Waals surface area contributed by atoms with Crippen LogP contribution in [0.3, 0.4) is 0 Å². The summed E-state index contributed by atoms with van der Waals surface area (Å²) in [7, 11) is 1.81. The van der Waals surface area contributed by atoms with E-state index in [9.17, 15) is 14.3 Å². The van der Waals surface area contributed by atoms with E-state index in [1.807, 2.05) is 25.8 Å². The van der Waals surface area contributed by atoms with Crippen LogP contribution in [0.5, 0.6) is 0 Å². The third-order valence-corrected chi connectivity index (χ3v) is 3.52. The molecule has 0 bridgehead atoms. The van der Waals surface area contributed by atoms with Crippen LogP contribution < -0.4 is 4.90 Å². The third kappa shape index (κ3) is 2.48. The van der Waals surface area contributed by atoms with Crippen molar-refractivity contribution in [2.45, 2.75) is 25.4 Å². The van der Waals surface area contributed by atoms with Gasteiger partial charge in [0.15, 0.2) is 0 Å². The van der Waals surface area contributed by atoms with E-state index in [-0.39, 0.29) is 18.3 Å². The van der Waals surface area contributed by atoms with Crippen LogP contribution in [0.4, 0.5) is 10.1 Å². The highest BCUT2D eigenvalue weighted by molar-refractivity contribution is 5.99. The summed E-state index contributed by atoms with van der Waals surface area (Å²) < 4.78 is 13.4. The molecule has 0 aromatic heterocycles. The van der Waals surface area contributed by atoms with E-state index in [2.05, 4.69) is 0 Å². The number of hydrogen-bond acceptors (Lipinski definition) is 3. The van der Waals surface area contributed by atoms with Crippen LogP contribution in [0.15, 0.2) is 24.3 Å². The number of nitrogens with zero attached hydrogens (tertiary/aromatic N) is 2. The van der Waals surface area contributed by atoms with Gasteiger partial charge < -0.3 is 10.0 Å². The lowest BCUT2D eigenvalue weighted by atomic mass is 9.94. The highest BCUT2D eigenvalue weighted by Crippen LogP contribution is 2.30. The number of aliphatic hydroxyl groups is 1. The van der Waals surface area contributed by atoms with Crippen LogP contribution in [-0.4, -0.2) is 47.7 Å². The zero-order chi connectivity index (χ0) is 14.2. The van der Waals surface area contributed by atoms with Gasteiger partial charge in [-0.1, -0.05) is 6.07 Å². The van der Waals surface area contributed by atoms with Crippen molar-refractivity contribution in [2.75, 3.05) is 25.1 Å². The van der Waals surface area contributed by atoms with Crippen LogP contribution in [0.1, 0.15) is 13.8 Å². The maximum Gasteiger partial charge on any atom is 0.247 e. The summed E-state index contributed by atoms with van der Waals surface area (Å²) in [6.45, 7) is 4.23. The fraction of sp³-hybridized carbons (Fsp3) is 0.500. The molecule has 1 fully saturated rings. The largest absolute Gasteiger partial charge is 0.394 e. The number of rotatable bonds is 2. The lowest BCUT2D eigenvalue weighted by Gasteiger charge is -2.49. The van der Waals surface area contributed by atoms with Gasteiger partial charge in [0.25, 0.3) is 0 Å². The smallest absolute Gasteiger partial charge is 0.247 e. The monoisotopic (exact) mass is 266 g/mol. The van der Waals surface area contributed by atoms with Gasteiger partial charge in [-0.05, 0) is 39.1 Å². The molecule has 4 nitrogen and oxygen atoms in total. The van der Waals surface area contributed by atoms with Gasteiger partial charge in [-0.25, -0.2) is 4.39 Å². The molecular formula is C14H19FN2O2. The maximum atomic E-state index is 13.4.